The van der Waals surface area contributed by atoms with Crippen LogP contribution in [0, 0.1) is 0 Å². The third-order valence-corrected chi connectivity index (χ3v) is 2.67. The van der Waals surface area contributed by atoms with Crippen LogP contribution in [0.3, 0.4) is 0 Å². The molecule has 0 aliphatic carbocycles. The topological polar surface area (TPSA) is 35.5 Å². The summed E-state index contributed by atoms with van der Waals surface area (Å²) in [5.41, 5.74) is 0.520. The van der Waals surface area contributed by atoms with Crippen molar-refractivity contribution in [1.82, 2.24) is 0 Å². The average Bonchev–Trinajstić information content (AvgIpc) is 2.05. The van der Waals surface area contributed by atoms with Gasteiger partial charge in [-0.2, -0.15) is 0 Å². The van der Waals surface area contributed by atoms with E-state index in [4.69, 9.17) is 9.47 Å². The zero-order valence-electron chi connectivity index (χ0n) is 8.03. The van der Waals surface area contributed by atoms with Gasteiger partial charge in [0.1, 0.15) is 0 Å². The van der Waals surface area contributed by atoms with E-state index in [1.54, 1.807) is 19.9 Å². The van der Waals surface area contributed by atoms with Crippen LogP contribution in [0.1, 0.15) is 24.2 Å². The zero-order chi connectivity index (χ0) is 10.3. The quantitative estimate of drug-likeness (QED) is 0.491. The van der Waals surface area contributed by atoms with Crippen LogP contribution < -0.4 is 9.09 Å². The van der Waals surface area contributed by atoms with Crippen molar-refractivity contribution in [3.8, 4) is 5.75 Å². The Labute approximate surface area is 90.9 Å². The van der Waals surface area contributed by atoms with Gasteiger partial charge in [-0.15, -0.1) is 0 Å². The van der Waals surface area contributed by atoms with E-state index in [0.29, 0.717) is 11.3 Å². The second-order valence-corrected chi connectivity index (χ2v) is 5.05. The summed E-state index contributed by atoms with van der Waals surface area (Å²) in [5.74, 6) is -0.562. The van der Waals surface area contributed by atoms with E-state index in [9.17, 15) is 4.79 Å². The first-order valence-electron chi connectivity index (χ1n) is 4.30. The third kappa shape index (κ3) is 1.64. The van der Waals surface area contributed by atoms with Crippen molar-refractivity contribution >= 4 is 27.2 Å². The van der Waals surface area contributed by atoms with Gasteiger partial charge in [-0.25, -0.2) is 0 Å². The van der Waals surface area contributed by atoms with Crippen LogP contribution in [0.2, 0.25) is 0 Å². The molecular weight excluding hydrogens is 243 g/mol. The van der Waals surface area contributed by atoms with Crippen LogP contribution >= 0.6 is 0 Å². The molecule has 0 N–H and O–H groups in total. The Bertz CT molecular complexity index is 398. The second kappa shape index (κ2) is 3.03. The van der Waals surface area contributed by atoms with Crippen molar-refractivity contribution in [1.29, 1.82) is 0 Å². The Balaban J connectivity index is 2.50. The fourth-order valence-corrected chi connectivity index (χ4v) is 1.91. The van der Waals surface area contributed by atoms with E-state index in [1.165, 1.54) is 16.9 Å². The second-order valence-electron chi connectivity index (χ2n) is 3.65. The van der Waals surface area contributed by atoms with Crippen LogP contribution in [-0.4, -0.2) is 28.6 Å². The fourth-order valence-electron chi connectivity index (χ4n) is 1.36. The van der Waals surface area contributed by atoms with E-state index in [1.807, 2.05) is 12.1 Å². The number of rotatable bonds is 0. The molecule has 4 heteroatoms. The molecule has 0 saturated carbocycles. The Kier molecular flexibility index (Phi) is 2.07. The molecule has 0 fully saturated rings. The Morgan fingerprint density at radius 1 is 1.29 bits per heavy atom. The SMILES string of the molecule is CC1(C)OC(=O)c2cc([AsH2])ccc2O1. The van der Waals surface area contributed by atoms with Crippen molar-refractivity contribution in [2.75, 3.05) is 0 Å². The monoisotopic (exact) mass is 254 g/mol. The van der Waals surface area contributed by atoms with Crippen molar-refractivity contribution in [2.24, 2.45) is 0 Å². The first kappa shape index (κ1) is 9.60. The van der Waals surface area contributed by atoms with Gasteiger partial charge in [0.15, 0.2) is 0 Å². The number of carbonyl (C=O) groups is 1. The molecule has 0 spiro atoms. The van der Waals surface area contributed by atoms with Gasteiger partial charge in [-0.3, -0.25) is 0 Å². The van der Waals surface area contributed by atoms with Crippen LogP contribution in [-0.2, 0) is 4.74 Å². The third-order valence-electron chi connectivity index (χ3n) is 1.92. The van der Waals surface area contributed by atoms with Gasteiger partial charge in [0, 0.05) is 0 Å². The summed E-state index contributed by atoms with van der Waals surface area (Å²) in [6.07, 6.45) is 0. The Morgan fingerprint density at radius 2 is 2.00 bits per heavy atom. The van der Waals surface area contributed by atoms with Gasteiger partial charge < -0.3 is 0 Å². The molecule has 1 aliphatic heterocycles. The van der Waals surface area contributed by atoms with E-state index < -0.39 is 5.79 Å². The van der Waals surface area contributed by atoms with E-state index in [2.05, 4.69) is 0 Å². The van der Waals surface area contributed by atoms with Crippen molar-refractivity contribution in [3.63, 3.8) is 0 Å². The minimum absolute atomic E-state index is 0.309. The number of carbonyl (C=O) groups excluding carboxylic acids is 1. The van der Waals surface area contributed by atoms with E-state index >= 15 is 0 Å². The first-order chi connectivity index (χ1) is 6.48. The summed E-state index contributed by atoms with van der Waals surface area (Å²) >= 11 is 1.47. The molecule has 0 aromatic heterocycles. The molecular formula is C10H11AsO3. The number of fused-ring (bicyclic) bond motifs is 1. The number of ether oxygens (including phenoxy) is 2. The molecule has 3 nitrogen and oxygen atoms in total. The number of hydrogen-bond donors (Lipinski definition) is 0. The fraction of sp³-hybridized carbons (Fsp3) is 0.300. The molecule has 74 valence electrons. The Morgan fingerprint density at radius 3 is 2.71 bits per heavy atom. The number of hydrogen-bond acceptors (Lipinski definition) is 3. The minimum atomic E-state index is -0.857. The molecule has 0 bridgehead atoms. The van der Waals surface area contributed by atoms with Gasteiger partial charge in [-0.05, 0) is 0 Å². The van der Waals surface area contributed by atoms with Crippen molar-refractivity contribution in [3.05, 3.63) is 23.8 Å². The average molecular weight is 254 g/mol. The summed E-state index contributed by atoms with van der Waals surface area (Å²) in [5, 5.41) is 0. The molecule has 1 aliphatic rings. The predicted octanol–water partition coefficient (Wildman–Crippen LogP) is 0.230. The van der Waals surface area contributed by atoms with E-state index in [-0.39, 0.29) is 5.97 Å². The Hall–Kier alpha value is -0.952. The molecule has 0 saturated heterocycles. The number of benzene rings is 1. The molecule has 14 heavy (non-hydrogen) atoms. The van der Waals surface area contributed by atoms with Gasteiger partial charge in [-0.1, -0.05) is 0 Å². The maximum atomic E-state index is 11.6. The van der Waals surface area contributed by atoms with Crippen molar-refractivity contribution in [2.45, 2.75) is 19.6 Å². The molecule has 0 radical (unpaired) electrons. The van der Waals surface area contributed by atoms with Gasteiger partial charge in [0.2, 0.25) is 0 Å². The molecule has 2 rings (SSSR count). The molecule has 1 aromatic rings. The molecule has 1 aromatic carbocycles. The standard InChI is InChI=1S/C10H11AsO3/c1-10(2)13-8-4-3-6(11)5-7(8)9(12)14-10/h3-5H,11H2,1-2H3. The summed E-state index contributed by atoms with van der Waals surface area (Å²) in [6, 6.07) is 5.55. The van der Waals surface area contributed by atoms with Crippen LogP contribution in [0.15, 0.2) is 18.2 Å². The summed E-state index contributed by atoms with van der Waals surface area (Å²) < 4.78 is 11.7. The summed E-state index contributed by atoms with van der Waals surface area (Å²) in [7, 11) is 0. The number of cyclic esters (lactones) is 1. The number of esters is 1. The molecule has 1 atom stereocenters. The first-order valence-corrected chi connectivity index (χ1v) is 5.51. The zero-order valence-corrected chi connectivity index (χ0v) is 10.5. The van der Waals surface area contributed by atoms with Crippen LogP contribution in [0.5, 0.6) is 5.75 Å². The van der Waals surface area contributed by atoms with Crippen LogP contribution in [0.4, 0.5) is 0 Å². The van der Waals surface area contributed by atoms with Crippen molar-refractivity contribution < 1.29 is 14.3 Å². The van der Waals surface area contributed by atoms with Gasteiger partial charge in [0.05, 0.1) is 0 Å². The normalized spacial score (nSPS) is 18.1. The van der Waals surface area contributed by atoms with Gasteiger partial charge in [0.25, 0.3) is 0 Å². The van der Waals surface area contributed by atoms with Gasteiger partial charge >= 0.3 is 90.6 Å². The molecule has 1 heterocycles. The van der Waals surface area contributed by atoms with E-state index in [0.717, 1.165) is 4.35 Å². The molecule has 1 unspecified atom stereocenters. The van der Waals surface area contributed by atoms with Crippen LogP contribution in [0.25, 0.3) is 0 Å². The molecule has 0 amide bonds. The maximum absolute atomic E-state index is 11.6. The summed E-state index contributed by atoms with van der Waals surface area (Å²) in [4.78, 5) is 11.6. The predicted molar refractivity (Wildman–Crippen MR) is 54.7 cm³/mol. The summed E-state index contributed by atoms with van der Waals surface area (Å²) in [6.45, 7) is 3.44.